The van der Waals surface area contributed by atoms with Gasteiger partial charge in [0.2, 0.25) is 0 Å². The van der Waals surface area contributed by atoms with E-state index in [0.29, 0.717) is 12.4 Å². The largest absolute Gasteiger partial charge is 0.378 e. The highest BCUT2D eigenvalue weighted by molar-refractivity contribution is 7.18. The Hall–Kier alpha value is -2.65. The second kappa shape index (κ2) is 7.64. The van der Waals surface area contributed by atoms with Gasteiger partial charge in [-0.3, -0.25) is 9.36 Å². The summed E-state index contributed by atoms with van der Waals surface area (Å²) in [5, 5.41) is 13.4. The molecule has 0 fully saturated rings. The lowest BCUT2D eigenvalue weighted by molar-refractivity contribution is 0.590. The molecule has 4 rings (SSSR count). The van der Waals surface area contributed by atoms with Crippen LogP contribution in [0.1, 0.15) is 55.4 Å². The van der Waals surface area contributed by atoms with E-state index in [1.54, 1.807) is 11.3 Å². The fourth-order valence-corrected chi connectivity index (χ4v) is 5.19. The van der Waals surface area contributed by atoms with Crippen molar-refractivity contribution in [3.05, 3.63) is 56.4 Å². The summed E-state index contributed by atoms with van der Waals surface area (Å²) in [4.78, 5) is 20.1. The highest BCUT2D eigenvalue weighted by Crippen LogP contribution is 2.33. The van der Waals surface area contributed by atoms with Crippen molar-refractivity contribution in [2.24, 2.45) is 0 Å². The molecule has 0 bridgehead atoms. The van der Waals surface area contributed by atoms with Crippen LogP contribution in [-0.2, 0) is 31.3 Å². The molecule has 0 spiro atoms. The molecule has 0 saturated heterocycles. The first-order chi connectivity index (χ1) is 13.9. The van der Waals surface area contributed by atoms with Gasteiger partial charge in [-0.2, -0.15) is 5.26 Å². The standard InChI is InChI=1S/C23H26N4OS/c1-23(2,3)15-8-10-16(11-9-15)25-14-19-26-21-20(22(28)27(19)13-12-24)17-6-4-5-7-18(17)29-21/h8-11,25H,4-7,13-14H2,1-3H3. The van der Waals surface area contributed by atoms with Crippen molar-refractivity contribution in [2.75, 3.05) is 5.32 Å². The Bertz CT molecular complexity index is 1140. The van der Waals surface area contributed by atoms with Gasteiger partial charge in [0.05, 0.1) is 18.0 Å². The molecule has 0 saturated carbocycles. The normalized spacial score (nSPS) is 13.9. The number of anilines is 1. The van der Waals surface area contributed by atoms with E-state index >= 15 is 0 Å². The number of fused-ring (bicyclic) bond motifs is 3. The van der Waals surface area contributed by atoms with Crippen molar-refractivity contribution >= 4 is 27.2 Å². The van der Waals surface area contributed by atoms with Gasteiger partial charge in [0.1, 0.15) is 17.2 Å². The minimum atomic E-state index is -0.0733. The van der Waals surface area contributed by atoms with Gasteiger partial charge in [-0.15, -0.1) is 11.3 Å². The summed E-state index contributed by atoms with van der Waals surface area (Å²) in [7, 11) is 0. The van der Waals surface area contributed by atoms with Crippen molar-refractivity contribution in [1.29, 1.82) is 5.26 Å². The molecular formula is C23H26N4OS. The summed E-state index contributed by atoms with van der Waals surface area (Å²) in [5.74, 6) is 0.613. The molecule has 0 unspecified atom stereocenters. The van der Waals surface area contributed by atoms with Gasteiger partial charge in [0, 0.05) is 10.6 Å². The Kier molecular flexibility index (Phi) is 5.18. The molecule has 0 radical (unpaired) electrons. The van der Waals surface area contributed by atoms with E-state index < -0.39 is 0 Å². The van der Waals surface area contributed by atoms with Crippen molar-refractivity contribution in [3.8, 4) is 6.07 Å². The third kappa shape index (κ3) is 3.79. The number of benzene rings is 1. The number of nitrogens with zero attached hydrogens (tertiary/aromatic N) is 3. The summed E-state index contributed by atoms with van der Waals surface area (Å²) < 4.78 is 1.53. The smallest absolute Gasteiger partial charge is 0.263 e. The van der Waals surface area contributed by atoms with E-state index in [9.17, 15) is 10.1 Å². The minimum Gasteiger partial charge on any atom is -0.378 e. The number of nitrogens with one attached hydrogen (secondary N) is 1. The zero-order chi connectivity index (χ0) is 20.6. The highest BCUT2D eigenvalue weighted by atomic mass is 32.1. The maximum Gasteiger partial charge on any atom is 0.263 e. The van der Waals surface area contributed by atoms with Crippen LogP contribution in [-0.4, -0.2) is 9.55 Å². The molecule has 0 aliphatic heterocycles. The summed E-state index contributed by atoms with van der Waals surface area (Å²) >= 11 is 1.65. The van der Waals surface area contributed by atoms with Crippen LogP contribution >= 0.6 is 11.3 Å². The Balaban J connectivity index is 1.67. The fourth-order valence-electron chi connectivity index (χ4n) is 3.92. The number of aromatic nitrogens is 2. The van der Waals surface area contributed by atoms with Crippen LogP contribution in [0, 0.1) is 11.3 Å². The molecule has 0 amide bonds. The lowest BCUT2D eigenvalue weighted by atomic mass is 9.87. The fraction of sp³-hybridized carbons (Fsp3) is 0.435. The Morgan fingerprint density at radius 1 is 1.21 bits per heavy atom. The summed E-state index contributed by atoms with van der Waals surface area (Å²) in [6.45, 7) is 7.00. The van der Waals surface area contributed by atoms with Crippen LogP contribution in [0.2, 0.25) is 0 Å². The number of hydrogen-bond acceptors (Lipinski definition) is 5. The maximum absolute atomic E-state index is 13.2. The van der Waals surface area contributed by atoms with E-state index in [1.807, 2.05) is 0 Å². The van der Waals surface area contributed by atoms with Crippen LogP contribution in [0.4, 0.5) is 5.69 Å². The number of hydrogen-bond donors (Lipinski definition) is 1. The summed E-state index contributed by atoms with van der Waals surface area (Å²) in [5.41, 5.74) is 3.44. The predicted octanol–water partition coefficient (Wildman–Crippen LogP) is 4.77. The third-order valence-electron chi connectivity index (χ3n) is 5.58. The SMILES string of the molecule is CC(C)(C)c1ccc(NCc2nc3sc4c(c3c(=O)n2CC#N)CCCC4)cc1. The Morgan fingerprint density at radius 3 is 2.62 bits per heavy atom. The molecule has 1 aliphatic rings. The molecule has 0 atom stereocenters. The monoisotopic (exact) mass is 406 g/mol. The topological polar surface area (TPSA) is 70.7 Å². The summed E-state index contributed by atoms with van der Waals surface area (Å²) in [6.07, 6.45) is 4.26. The molecular weight excluding hydrogens is 380 g/mol. The first-order valence-electron chi connectivity index (χ1n) is 10.1. The average Bonchev–Trinajstić information content (AvgIpc) is 3.07. The number of rotatable bonds is 4. The minimum absolute atomic E-state index is 0.0202. The first-order valence-corrected chi connectivity index (χ1v) is 11.0. The van der Waals surface area contributed by atoms with Gasteiger partial charge >= 0.3 is 0 Å². The van der Waals surface area contributed by atoms with Gasteiger partial charge in [-0.05, 0) is 54.4 Å². The second-order valence-electron chi connectivity index (χ2n) is 8.65. The molecule has 1 aliphatic carbocycles. The van der Waals surface area contributed by atoms with Gasteiger partial charge in [-0.25, -0.2) is 4.98 Å². The second-order valence-corrected chi connectivity index (χ2v) is 9.73. The predicted molar refractivity (Wildman–Crippen MR) is 119 cm³/mol. The molecule has 150 valence electrons. The lowest BCUT2D eigenvalue weighted by Gasteiger charge is -2.19. The molecule has 3 aromatic rings. The van der Waals surface area contributed by atoms with E-state index in [-0.39, 0.29) is 17.5 Å². The number of aryl methyl sites for hydroxylation is 2. The van der Waals surface area contributed by atoms with E-state index in [0.717, 1.165) is 40.7 Å². The molecule has 1 N–H and O–H groups in total. The Morgan fingerprint density at radius 2 is 1.93 bits per heavy atom. The lowest BCUT2D eigenvalue weighted by Crippen LogP contribution is -2.26. The van der Waals surface area contributed by atoms with Gasteiger partial charge in [-0.1, -0.05) is 32.9 Å². The maximum atomic E-state index is 13.2. The van der Waals surface area contributed by atoms with Gasteiger partial charge in [0.15, 0.2) is 0 Å². The zero-order valence-electron chi connectivity index (χ0n) is 17.2. The molecule has 2 aromatic heterocycles. The van der Waals surface area contributed by atoms with E-state index in [4.69, 9.17) is 4.98 Å². The molecule has 29 heavy (non-hydrogen) atoms. The van der Waals surface area contributed by atoms with Gasteiger partial charge in [0.25, 0.3) is 5.56 Å². The first kappa shape index (κ1) is 19.7. The molecule has 6 heteroatoms. The van der Waals surface area contributed by atoms with Crippen molar-refractivity contribution < 1.29 is 0 Å². The van der Waals surface area contributed by atoms with Crippen molar-refractivity contribution in [3.63, 3.8) is 0 Å². The zero-order valence-corrected chi connectivity index (χ0v) is 18.0. The average molecular weight is 407 g/mol. The van der Waals surface area contributed by atoms with Crippen LogP contribution in [0.3, 0.4) is 0 Å². The number of nitriles is 1. The van der Waals surface area contributed by atoms with Crippen molar-refractivity contribution in [2.45, 2.75) is 65.0 Å². The van der Waals surface area contributed by atoms with Crippen molar-refractivity contribution in [1.82, 2.24) is 9.55 Å². The molecule has 1 aromatic carbocycles. The van der Waals surface area contributed by atoms with Crippen LogP contribution in [0.5, 0.6) is 0 Å². The number of thiophene rings is 1. The van der Waals surface area contributed by atoms with E-state index in [1.165, 1.54) is 21.4 Å². The molecule has 5 nitrogen and oxygen atoms in total. The highest BCUT2D eigenvalue weighted by Gasteiger charge is 2.22. The third-order valence-corrected chi connectivity index (χ3v) is 6.77. The molecule has 2 heterocycles. The Labute approximate surface area is 175 Å². The van der Waals surface area contributed by atoms with Crippen LogP contribution < -0.4 is 10.9 Å². The van der Waals surface area contributed by atoms with E-state index in [2.05, 4.69) is 56.4 Å². The van der Waals surface area contributed by atoms with Gasteiger partial charge < -0.3 is 5.32 Å². The quantitative estimate of drug-likeness (QED) is 0.677. The van der Waals surface area contributed by atoms with Crippen LogP contribution in [0.15, 0.2) is 29.1 Å². The summed E-state index contributed by atoms with van der Waals surface area (Å²) in [6, 6.07) is 10.5. The van der Waals surface area contributed by atoms with Crippen LogP contribution in [0.25, 0.3) is 10.2 Å².